The van der Waals surface area contributed by atoms with Gasteiger partial charge < -0.3 is 15.2 Å². The average molecular weight is 389 g/mol. The molecule has 26 heavy (non-hydrogen) atoms. The second-order valence-electron chi connectivity index (χ2n) is 6.68. The van der Waals surface area contributed by atoms with E-state index in [0.29, 0.717) is 4.70 Å². The van der Waals surface area contributed by atoms with Crippen LogP contribution in [0.15, 0.2) is 23.6 Å². The number of hydrogen-bond donors (Lipinski definition) is 2. The first kappa shape index (κ1) is 20.0. The number of carboxylic acids is 1. The van der Waals surface area contributed by atoms with Crippen LogP contribution in [0, 0.1) is 0 Å². The van der Waals surface area contributed by atoms with Crippen molar-refractivity contribution in [3.8, 4) is 0 Å². The summed E-state index contributed by atoms with van der Waals surface area (Å²) in [5, 5.41) is 13.0. The number of alkyl carbamates (subject to hydrolysis) is 1. The maximum atomic E-state index is 13.3. The minimum Gasteiger partial charge on any atom is -0.480 e. The minimum absolute atomic E-state index is 0.0396. The summed E-state index contributed by atoms with van der Waals surface area (Å²) >= 11 is 1.09. The lowest BCUT2D eigenvalue weighted by Crippen LogP contribution is -2.44. The van der Waals surface area contributed by atoms with Crippen LogP contribution in [-0.2, 0) is 22.1 Å². The van der Waals surface area contributed by atoms with Crippen LogP contribution in [0.1, 0.15) is 31.9 Å². The Morgan fingerprint density at radius 1 is 1.27 bits per heavy atom. The Hall–Kier alpha value is -2.29. The fourth-order valence-electron chi connectivity index (χ4n) is 2.41. The third kappa shape index (κ3) is 4.87. The maximum absolute atomic E-state index is 13.3. The van der Waals surface area contributed by atoms with Gasteiger partial charge in [-0.1, -0.05) is 6.07 Å². The zero-order valence-electron chi connectivity index (χ0n) is 14.3. The maximum Gasteiger partial charge on any atom is 0.417 e. The standard InChI is InChI=1S/C17H18F3NO4S/c1-16(2,3)25-15(24)21-11(14(22)23)7-9-8-26-12-6-4-5-10(13(9)12)17(18,19)20/h4-6,8,11H,7H2,1-3H3,(H,21,24)(H,22,23)/t11-/m0/s1. The summed E-state index contributed by atoms with van der Waals surface area (Å²) < 4.78 is 45.2. The fraction of sp³-hybridized carbons (Fsp3) is 0.412. The monoisotopic (exact) mass is 389 g/mol. The smallest absolute Gasteiger partial charge is 0.417 e. The summed E-state index contributed by atoms with van der Waals surface area (Å²) in [5.41, 5.74) is -1.44. The predicted molar refractivity (Wildman–Crippen MR) is 91.3 cm³/mol. The van der Waals surface area contributed by atoms with Gasteiger partial charge in [-0.2, -0.15) is 13.2 Å². The lowest BCUT2D eigenvalue weighted by molar-refractivity contribution is -0.139. The topological polar surface area (TPSA) is 75.6 Å². The fourth-order valence-corrected chi connectivity index (χ4v) is 3.41. The van der Waals surface area contributed by atoms with Gasteiger partial charge in [0, 0.05) is 16.5 Å². The molecular weight excluding hydrogens is 371 g/mol. The molecule has 0 unspecified atom stereocenters. The number of thiophene rings is 1. The van der Waals surface area contributed by atoms with Gasteiger partial charge in [0.15, 0.2) is 0 Å². The van der Waals surface area contributed by atoms with Crippen LogP contribution in [0.4, 0.5) is 18.0 Å². The number of ether oxygens (including phenoxy) is 1. The van der Waals surface area contributed by atoms with Crippen molar-refractivity contribution < 1.29 is 32.6 Å². The van der Waals surface area contributed by atoms with Gasteiger partial charge in [-0.05, 0) is 43.8 Å². The molecule has 1 aromatic heterocycles. The Balaban J connectivity index is 2.32. The van der Waals surface area contributed by atoms with Crippen LogP contribution in [0.2, 0.25) is 0 Å². The number of carbonyl (C=O) groups is 2. The van der Waals surface area contributed by atoms with E-state index in [1.54, 1.807) is 20.8 Å². The first-order valence-electron chi connectivity index (χ1n) is 7.67. The molecule has 0 saturated carbocycles. The Labute approximate surface area is 151 Å². The lowest BCUT2D eigenvalue weighted by Gasteiger charge is -2.22. The molecule has 2 aromatic rings. The molecule has 0 aliphatic carbocycles. The number of nitrogens with one attached hydrogen (secondary N) is 1. The van der Waals surface area contributed by atoms with Gasteiger partial charge in [-0.15, -0.1) is 11.3 Å². The van der Waals surface area contributed by atoms with Crippen molar-refractivity contribution in [2.75, 3.05) is 0 Å². The second-order valence-corrected chi connectivity index (χ2v) is 7.59. The van der Waals surface area contributed by atoms with Gasteiger partial charge in [0.1, 0.15) is 11.6 Å². The molecule has 1 amide bonds. The molecule has 0 saturated heterocycles. The summed E-state index contributed by atoms with van der Waals surface area (Å²) in [6.45, 7) is 4.85. The van der Waals surface area contributed by atoms with Crippen molar-refractivity contribution in [1.29, 1.82) is 0 Å². The van der Waals surface area contributed by atoms with E-state index in [1.807, 2.05) is 0 Å². The number of fused-ring (bicyclic) bond motifs is 1. The van der Waals surface area contributed by atoms with Crippen LogP contribution >= 0.6 is 11.3 Å². The molecule has 0 aliphatic rings. The highest BCUT2D eigenvalue weighted by Crippen LogP contribution is 2.39. The molecule has 0 bridgehead atoms. The van der Waals surface area contributed by atoms with Crippen molar-refractivity contribution in [3.05, 3.63) is 34.7 Å². The highest BCUT2D eigenvalue weighted by Gasteiger charge is 2.34. The molecule has 0 radical (unpaired) electrons. The number of halogens is 3. The molecule has 2 rings (SSSR count). The van der Waals surface area contributed by atoms with Crippen molar-refractivity contribution in [3.63, 3.8) is 0 Å². The molecule has 1 atom stereocenters. The van der Waals surface area contributed by atoms with E-state index in [2.05, 4.69) is 5.32 Å². The molecule has 9 heteroatoms. The van der Waals surface area contributed by atoms with E-state index >= 15 is 0 Å². The van der Waals surface area contributed by atoms with Crippen LogP contribution in [0.3, 0.4) is 0 Å². The van der Waals surface area contributed by atoms with E-state index in [9.17, 15) is 27.9 Å². The second kappa shape index (κ2) is 7.14. The van der Waals surface area contributed by atoms with Crippen molar-refractivity contribution >= 4 is 33.5 Å². The zero-order valence-corrected chi connectivity index (χ0v) is 15.1. The highest BCUT2D eigenvalue weighted by molar-refractivity contribution is 7.17. The highest BCUT2D eigenvalue weighted by atomic mass is 32.1. The Morgan fingerprint density at radius 2 is 1.92 bits per heavy atom. The largest absolute Gasteiger partial charge is 0.480 e. The van der Waals surface area contributed by atoms with Gasteiger partial charge >= 0.3 is 18.2 Å². The van der Waals surface area contributed by atoms with E-state index in [0.717, 1.165) is 17.4 Å². The number of benzene rings is 1. The number of carboxylic acid groups (broad SMARTS) is 1. The summed E-state index contributed by atoms with van der Waals surface area (Å²) in [5.74, 6) is -1.36. The third-order valence-electron chi connectivity index (χ3n) is 3.39. The van der Waals surface area contributed by atoms with E-state index < -0.39 is 35.4 Å². The molecule has 0 fully saturated rings. The van der Waals surface area contributed by atoms with Gasteiger partial charge in [0.25, 0.3) is 0 Å². The van der Waals surface area contributed by atoms with Crippen molar-refractivity contribution in [2.45, 2.75) is 45.0 Å². The summed E-state index contributed by atoms with van der Waals surface area (Å²) in [6, 6.07) is 2.38. The first-order valence-corrected chi connectivity index (χ1v) is 8.55. The van der Waals surface area contributed by atoms with Crippen LogP contribution in [0.5, 0.6) is 0 Å². The number of aliphatic carboxylic acids is 1. The normalized spacial score (nSPS) is 13.5. The molecule has 0 spiro atoms. The summed E-state index contributed by atoms with van der Waals surface area (Å²) in [4.78, 5) is 23.3. The molecule has 5 nitrogen and oxygen atoms in total. The average Bonchev–Trinajstić information content (AvgIpc) is 2.86. The Morgan fingerprint density at radius 3 is 2.46 bits per heavy atom. The van der Waals surface area contributed by atoms with E-state index in [4.69, 9.17) is 4.74 Å². The lowest BCUT2D eigenvalue weighted by atomic mass is 10.0. The Kier molecular flexibility index (Phi) is 5.50. The van der Waals surface area contributed by atoms with E-state index in [1.165, 1.54) is 17.5 Å². The first-order chi connectivity index (χ1) is 11.9. The third-order valence-corrected chi connectivity index (χ3v) is 4.39. The summed E-state index contributed by atoms with van der Waals surface area (Å²) in [6.07, 6.45) is -5.80. The molecule has 1 aromatic carbocycles. The molecule has 142 valence electrons. The number of carbonyl (C=O) groups excluding carboxylic acids is 1. The number of alkyl halides is 3. The number of amides is 1. The van der Waals surface area contributed by atoms with Crippen LogP contribution in [-0.4, -0.2) is 28.8 Å². The van der Waals surface area contributed by atoms with Gasteiger partial charge in [-0.25, -0.2) is 9.59 Å². The van der Waals surface area contributed by atoms with Crippen LogP contribution < -0.4 is 5.32 Å². The minimum atomic E-state index is -4.56. The van der Waals surface area contributed by atoms with Crippen molar-refractivity contribution in [2.24, 2.45) is 0 Å². The van der Waals surface area contributed by atoms with Gasteiger partial charge in [0.2, 0.25) is 0 Å². The quantitative estimate of drug-likeness (QED) is 0.811. The zero-order chi connectivity index (χ0) is 19.7. The number of rotatable bonds is 4. The molecule has 1 heterocycles. The van der Waals surface area contributed by atoms with Gasteiger partial charge in [0.05, 0.1) is 5.56 Å². The predicted octanol–water partition coefficient (Wildman–Crippen LogP) is 4.44. The van der Waals surface area contributed by atoms with Crippen LogP contribution in [0.25, 0.3) is 10.1 Å². The Bertz CT molecular complexity index is 824. The van der Waals surface area contributed by atoms with E-state index in [-0.39, 0.29) is 17.4 Å². The number of hydrogen-bond acceptors (Lipinski definition) is 4. The van der Waals surface area contributed by atoms with Crippen molar-refractivity contribution in [1.82, 2.24) is 5.32 Å². The molecular formula is C17H18F3NO4S. The van der Waals surface area contributed by atoms with Gasteiger partial charge in [-0.3, -0.25) is 0 Å². The molecule has 2 N–H and O–H groups in total. The molecule has 0 aliphatic heterocycles. The summed E-state index contributed by atoms with van der Waals surface area (Å²) in [7, 11) is 0. The SMILES string of the molecule is CC(C)(C)OC(=O)N[C@@H](Cc1csc2cccc(C(F)(F)F)c12)C(=O)O.